The van der Waals surface area contributed by atoms with Crippen molar-refractivity contribution in [2.45, 2.75) is 45.1 Å². The molecule has 6 nitrogen and oxygen atoms in total. The van der Waals surface area contributed by atoms with Crippen LogP contribution in [0.1, 0.15) is 55.1 Å². The van der Waals surface area contributed by atoms with Crippen LogP contribution in [0.15, 0.2) is 12.1 Å². The second-order valence-corrected chi connectivity index (χ2v) is 5.80. The average Bonchev–Trinajstić information content (AvgIpc) is 2.53. The Morgan fingerprint density at radius 2 is 2.29 bits per heavy atom. The Hall–Kier alpha value is -1.66. The molecule has 1 amide bonds. The summed E-state index contributed by atoms with van der Waals surface area (Å²) in [4.78, 5) is 18.9. The molecule has 1 aliphatic heterocycles. The zero-order valence-corrected chi connectivity index (χ0v) is 12.7. The summed E-state index contributed by atoms with van der Waals surface area (Å²) < 4.78 is 0. The maximum atomic E-state index is 12.7. The molecule has 1 atom stereocenters. The number of nitrogens with two attached hydrogens (primary N) is 1. The minimum Gasteiger partial charge on any atom is -0.394 e. The van der Waals surface area contributed by atoms with Gasteiger partial charge in [-0.3, -0.25) is 4.79 Å². The number of aliphatic hydroxyl groups excluding tert-OH is 1. The van der Waals surface area contributed by atoms with Crippen molar-refractivity contribution in [1.29, 1.82) is 0 Å². The molecule has 0 aliphatic carbocycles. The van der Waals surface area contributed by atoms with Crippen molar-refractivity contribution in [3.8, 4) is 0 Å². The first-order valence-electron chi connectivity index (χ1n) is 7.47. The van der Waals surface area contributed by atoms with Crippen LogP contribution in [0.4, 0.5) is 5.82 Å². The molecule has 1 aromatic heterocycles. The van der Waals surface area contributed by atoms with E-state index in [0.29, 0.717) is 17.9 Å². The summed E-state index contributed by atoms with van der Waals surface area (Å²) in [5.74, 6) is 6.08. The number of piperidine rings is 1. The van der Waals surface area contributed by atoms with Crippen molar-refractivity contribution in [3.05, 3.63) is 23.4 Å². The number of carbonyl (C=O) groups is 1. The number of hydrazine groups is 1. The van der Waals surface area contributed by atoms with E-state index >= 15 is 0 Å². The SMILES string of the molecule is CC(C)c1cc(C(=O)N2CCCCC2CO)cc(NN)n1. The Kier molecular flexibility index (Phi) is 5.14. The van der Waals surface area contributed by atoms with Crippen molar-refractivity contribution in [1.82, 2.24) is 9.88 Å². The van der Waals surface area contributed by atoms with Crippen LogP contribution in [0.5, 0.6) is 0 Å². The number of nitrogens with zero attached hydrogens (tertiary/aromatic N) is 2. The van der Waals surface area contributed by atoms with Gasteiger partial charge in [0.2, 0.25) is 0 Å². The van der Waals surface area contributed by atoms with Gasteiger partial charge in [-0.05, 0) is 37.3 Å². The molecule has 0 aromatic carbocycles. The van der Waals surface area contributed by atoms with Crippen molar-refractivity contribution in [2.24, 2.45) is 5.84 Å². The van der Waals surface area contributed by atoms with Crippen LogP contribution in [0.25, 0.3) is 0 Å². The van der Waals surface area contributed by atoms with Gasteiger partial charge >= 0.3 is 0 Å². The summed E-state index contributed by atoms with van der Waals surface area (Å²) in [5, 5.41) is 9.46. The number of nitrogens with one attached hydrogen (secondary N) is 1. The number of anilines is 1. The summed E-state index contributed by atoms with van der Waals surface area (Å²) in [6.45, 7) is 4.74. The van der Waals surface area contributed by atoms with Gasteiger partial charge in [-0.15, -0.1) is 0 Å². The minimum absolute atomic E-state index is 0.00978. The van der Waals surface area contributed by atoms with Gasteiger partial charge in [0, 0.05) is 17.8 Å². The van der Waals surface area contributed by atoms with E-state index in [1.165, 1.54) is 0 Å². The predicted octanol–water partition coefficient (Wildman–Crippen LogP) is 1.48. The molecule has 6 heteroatoms. The van der Waals surface area contributed by atoms with Crippen LogP contribution < -0.4 is 11.3 Å². The molecule has 0 bridgehead atoms. The first kappa shape index (κ1) is 15.7. The fourth-order valence-corrected chi connectivity index (χ4v) is 2.67. The molecule has 1 aliphatic rings. The molecular formula is C15H24N4O2. The predicted molar refractivity (Wildman–Crippen MR) is 81.9 cm³/mol. The van der Waals surface area contributed by atoms with Crippen molar-refractivity contribution in [3.63, 3.8) is 0 Å². The fourth-order valence-electron chi connectivity index (χ4n) is 2.67. The molecule has 1 unspecified atom stereocenters. The number of aromatic nitrogens is 1. The summed E-state index contributed by atoms with van der Waals surface area (Å²) in [7, 11) is 0. The van der Waals surface area contributed by atoms with Crippen LogP contribution in [-0.4, -0.2) is 40.1 Å². The molecule has 0 radical (unpaired) electrons. The molecule has 4 N–H and O–H groups in total. The molecule has 1 fully saturated rings. The lowest BCUT2D eigenvalue weighted by molar-refractivity contribution is 0.0503. The first-order chi connectivity index (χ1) is 10.1. The molecule has 0 saturated carbocycles. The number of pyridine rings is 1. The fraction of sp³-hybridized carbons (Fsp3) is 0.600. The highest BCUT2D eigenvalue weighted by atomic mass is 16.3. The van der Waals surface area contributed by atoms with Gasteiger partial charge < -0.3 is 15.4 Å². The smallest absolute Gasteiger partial charge is 0.254 e. The third-order valence-corrected chi connectivity index (χ3v) is 3.93. The van der Waals surface area contributed by atoms with Gasteiger partial charge in [-0.2, -0.15) is 0 Å². The third-order valence-electron chi connectivity index (χ3n) is 3.93. The van der Waals surface area contributed by atoms with E-state index in [2.05, 4.69) is 10.4 Å². The number of rotatable bonds is 4. The van der Waals surface area contributed by atoms with E-state index in [0.717, 1.165) is 25.0 Å². The van der Waals surface area contributed by atoms with Gasteiger partial charge in [-0.1, -0.05) is 13.8 Å². The molecule has 21 heavy (non-hydrogen) atoms. The summed E-state index contributed by atoms with van der Waals surface area (Å²) in [6.07, 6.45) is 2.89. The van der Waals surface area contributed by atoms with Crippen molar-refractivity contribution in [2.75, 3.05) is 18.6 Å². The standard InChI is InChI=1S/C15H24N4O2/c1-10(2)13-7-11(8-14(17-13)18-16)15(21)19-6-4-3-5-12(19)9-20/h7-8,10,12,20H,3-6,9,16H2,1-2H3,(H,17,18). The van der Waals surface area contributed by atoms with E-state index in [1.807, 2.05) is 19.9 Å². The Bertz CT molecular complexity index is 504. The first-order valence-corrected chi connectivity index (χ1v) is 7.47. The Morgan fingerprint density at radius 1 is 1.52 bits per heavy atom. The van der Waals surface area contributed by atoms with Crippen molar-refractivity contribution >= 4 is 11.7 Å². The Balaban J connectivity index is 2.31. The van der Waals surface area contributed by atoms with Crippen LogP contribution >= 0.6 is 0 Å². The summed E-state index contributed by atoms with van der Waals surface area (Å²) in [6, 6.07) is 3.39. The highest BCUT2D eigenvalue weighted by Crippen LogP contribution is 2.22. The van der Waals surface area contributed by atoms with Gasteiger partial charge in [0.15, 0.2) is 0 Å². The zero-order chi connectivity index (χ0) is 15.4. The minimum atomic E-state index is -0.0869. The Morgan fingerprint density at radius 3 is 2.90 bits per heavy atom. The molecular weight excluding hydrogens is 268 g/mol. The van der Waals surface area contributed by atoms with E-state index in [4.69, 9.17) is 5.84 Å². The van der Waals surface area contributed by atoms with E-state index in [1.54, 1.807) is 11.0 Å². The molecule has 2 rings (SSSR count). The second kappa shape index (κ2) is 6.87. The van der Waals surface area contributed by atoms with Crippen LogP contribution in [0, 0.1) is 0 Å². The van der Waals surface area contributed by atoms with E-state index in [-0.39, 0.29) is 24.5 Å². The molecule has 0 spiro atoms. The monoisotopic (exact) mass is 292 g/mol. The van der Waals surface area contributed by atoms with Crippen LogP contribution in [0.3, 0.4) is 0 Å². The highest BCUT2D eigenvalue weighted by Gasteiger charge is 2.27. The number of nitrogen functional groups attached to an aromatic ring is 1. The van der Waals surface area contributed by atoms with E-state index in [9.17, 15) is 9.90 Å². The third kappa shape index (κ3) is 3.51. The van der Waals surface area contributed by atoms with Gasteiger partial charge in [0.1, 0.15) is 5.82 Å². The van der Waals surface area contributed by atoms with Gasteiger partial charge in [-0.25, -0.2) is 10.8 Å². The molecule has 1 saturated heterocycles. The number of amides is 1. The van der Waals surface area contributed by atoms with Crippen LogP contribution in [-0.2, 0) is 0 Å². The van der Waals surface area contributed by atoms with Crippen molar-refractivity contribution < 1.29 is 9.90 Å². The zero-order valence-electron chi connectivity index (χ0n) is 12.7. The topological polar surface area (TPSA) is 91.5 Å². The highest BCUT2D eigenvalue weighted by molar-refractivity contribution is 5.95. The summed E-state index contributed by atoms with van der Waals surface area (Å²) in [5.41, 5.74) is 3.91. The maximum absolute atomic E-state index is 12.7. The maximum Gasteiger partial charge on any atom is 0.254 e. The molecule has 2 heterocycles. The summed E-state index contributed by atoms with van der Waals surface area (Å²) >= 11 is 0. The Labute approximate surface area is 125 Å². The average molecular weight is 292 g/mol. The number of carbonyl (C=O) groups excluding carboxylic acids is 1. The number of hydrogen-bond donors (Lipinski definition) is 3. The number of hydrogen-bond acceptors (Lipinski definition) is 5. The lowest BCUT2D eigenvalue weighted by Gasteiger charge is -2.34. The van der Waals surface area contributed by atoms with Gasteiger partial charge in [0.05, 0.1) is 12.6 Å². The lowest BCUT2D eigenvalue weighted by atomic mass is 10.0. The number of likely N-dealkylation sites (tertiary alicyclic amines) is 1. The van der Waals surface area contributed by atoms with Gasteiger partial charge in [0.25, 0.3) is 5.91 Å². The largest absolute Gasteiger partial charge is 0.394 e. The quantitative estimate of drug-likeness (QED) is 0.577. The number of aliphatic hydroxyl groups is 1. The normalized spacial score (nSPS) is 18.9. The van der Waals surface area contributed by atoms with E-state index < -0.39 is 0 Å². The van der Waals surface area contributed by atoms with Crippen LogP contribution in [0.2, 0.25) is 0 Å². The molecule has 1 aromatic rings. The second-order valence-electron chi connectivity index (χ2n) is 5.80. The molecule has 116 valence electrons. The lowest BCUT2D eigenvalue weighted by Crippen LogP contribution is -2.45.